The van der Waals surface area contributed by atoms with Crippen LogP contribution in [0.4, 0.5) is 0 Å². The van der Waals surface area contributed by atoms with Crippen molar-refractivity contribution in [3.05, 3.63) is 41.7 Å². The topological polar surface area (TPSA) is 71.5 Å². The quantitative estimate of drug-likeness (QED) is 0.553. The summed E-state index contributed by atoms with van der Waals surface area (Å²) in [7, 11) is 1.66. The predicted molar refractivity (Wildman–Crippen MR) is 131 cm³/mol. The first-order chi connectivity index (χ1) is 16.7. The van der Waals surface area contributed by atoms with Gasteiger partial charge in [0.05, 0.1) is 13.7 Å². The van der Waals surface area contributed by atoms with E-state index in [0.717, 1.165) is 43.7 Å². The van der Waals surface area contributed by atoms with E-state index in [9.17, 15) is 4.79 Å². The largest absolute Gasteiger partial charge is 0.497 e. The Morgan fingerprint density at radius 3 is 2.47 bits per heavy atom. The van der Waals surface area contributed by atoms with E-state index in [2.05, 4.69) is 4.90 Å². The van der Waals surface area contributed by atoms with Crippen LogP contribution >= 0.6 is 0 Å². The lowest BCUT2D eigenvalue weighted by atomic mass is 9.92. The molecule has 2 atom stereocenters. The summed E-state index contributed by atoms with van der Waals surface area (Å²) < 4.78 is 17.3. The molecule has 4 rings (SSSR count). The van der Waals surface area contributed by atoms with Crippen molar-refractivity contribution in [2.24, 2.45) is 0 Å². The van der Waals surface area contributed by atoms with Crippen molar-refractivity contribution in [1.82, 2.24) is 9.80 Å². The normalized spacial score (nSPS) is 24.4. The van der Waals surface area contributed by atoms with E-state index < -0.39 is 6.29 Å². The van der Waals surface area contributed by atoms with Gasteiger partial charge in [-0.2, -0.15) is 0 Å². The molecule has 2 fully saturated rings. The Hall–Kier alpha value is -2.09. The summed E-state index contributed by atoms with van der Waals surface area (Å²) >= 11 is 0. The minimum absolute atomic E-state index is 0.0285. The first-order valence-electron chi connectivity index (χ1n) is 13.0. The van der Waals surface area contributed by atoms with Crippen molar-refractivity contribution in [2.75, 3.05) is 46.5 Å². The Balaban J connectivity index is 1.41. The predicted octanol–water partition coefficient (Wildman–Crippen LogP) is 3.68. The molecule has 0 bridgehead atoms. The molecule has 0 aromatic heterocycles. The number of hydrogen-bond donors (Lipinski definition) is 1. The highest BCUT2D eigenvalue weighted by molar-refractivity contribution is 5.91. The van der Waals surface area contributed by atoms with Crippen LogP contribution in [-0.4, -0.2) is 79.6 Å². The third-order valence-electron chi connectivity index (χ3n) is 7.33. The minimum atomic E-state index is -0.472. The zero-order valence-corrected chi connectivity index (χ0v) is 20.5. The number of rotatable bonds is 9. The number of aliphatic hydroxyl groups excluding tert-OH is 1. The van der Waals surface area contributed by atoms with Gasteiger partial charge in [0.15, 0.2) is 5.76 Å². The van der Waals surface area contributed by atoms with E-state index >= 15 is 0 Å². The van der Waals surface area contributed by atoms with Crippen molar-refractivity contribution < 1.29 is 24.1 Å². The average Bonchev–Trinajstić information content (AvgIpc) is 2.91. The number of benzene rings is 1. The second-order valence-corrected chi connectivity index (χ2v) is 9.62. The van der Waals surface area contributed by atoms with Crippen molar-refractivity contribution >= 4 is 5.91 Å². The van der Waals surface area contributed by atoms with Crippen LogP contribution < -0.4 is 4.74 Å². The summed E-state index contributed by atoms with van der Waals surface area (Å²) in [6, 6.07) is 8.58. The van der Waals surface area contributed by atoms with Crippen molar-refractivity contribution in [3.63, 3.8) is 0 Å². The molecule has 0 saturated carbocycles. The summed E-state index contributed by atoms with van der Waals surface area (Å²) in [6.07, 6.45) is 9.61. The summed E-state index contributed by atoms with van der Waals surface area (Å²) in [5, 5.41) is 9.04. The minimum Gasteiger partial charge on any atom is -0.497 e. The van der Waals surface area contributed by atoms with Crippen LogP contribution in [0.25, 0.3) is 0 Å². The number of methoxy groups -OCH3 is 1. The molecule has 7 nitrogen and oxygen atoms in total. The standard InChI is InChI=1S/C27H40N2O5/c1-32-24-9-7-21(8-10-24)22-19-25(34-26(20-22)33-18-6-5-17-30)27(31)29-15-11-23(12-16-29)28-13-3-2-4-14-28/h7-10,19,22-23,26,30H,2-6,11-18,20H2,1H3/t22-,26+/m0/s1. The number of nitrogens with zero attached hydrogens (tertiary/aromatic N) is 2. The van der Waals surface area contributed by atoms with Crippen LogP contribution in [0, 0.1) is 0 Å². The number of unbranched alkanes of at least 4 members (excludes halogenated alkanes) is 1. The van der Waals surface area contributed by atoms with Gasteiger partial charge in [-0.1, -0.05) is 18.6 Å². The molecule has 34 heavy (non-hydrogen) atoms. The van der Waals surface area contributed by atoms with Crippen molar-refractivity contribution in [3.8, 4) is 5.75 Å². The van der Waals surface area contributed by atoms with Gasteiger partial charge in [0.25, 0.3) is 5.91 Å². The fourth-order valence-electron chi connectivity index (χ4n) is 5.30. The van der Waals surface area contributed by atoms with E-state index in [1.165, 1.54) is 32.4 Å². The maximum absolute atomic E-state index is 13.4. The number of hydrogen-bond acceptors (Lipinski definition) is 6. The number of carbonyl (C=O) groups is 1. The van der Waals surface area contributed by atoms with Gasteiger partial charge < -0.3 is 29.1 Å². The molecule has 188 valence electrons. The highest BCUT2D eigenvalue weighted by Crippen LogP contribution is 2.33. The number of amides is 1. The van der Waals surface area contributed by atoms with Gasteiger partial charge in [-0.3, -0.25) is 4.79 Å². The summed E-state index contributed by atoms with van der Waals surface area (Å²) in [5.74, 6) is 1.21. The second kappa shape index (κ2) is 12.6. The van der Waals surface area contributed by atoms with Crippen LogP contribution in [0.2, 0.25) is 0 Å². The summed E-state index contributed by atoms with van der Waals surface area (Å²) in [5.41, 5.74) is 1.11. The van der Waals surface area contributed by atoms with Gasteiger partial charge >= 0.3 is 0 Å². The molecule has 1 N–H and O–H groups in total. The first kappa shape index (κ1) is 25.0. The lowest BCUT2D eigenvalue weighted by Gasteiger charge is -2.40. The van der Waals surface area contributed by atoms with Gasteiger partial charge in [0, 0.05) is 38.1 Å². The molecular weight excluding hydrogens is 432 g/mol. The Kier molecular flexibility index (Phi) is 9.25. The Labute approximate surface area is 203 Å². The van der Waals surface area contributed by atoms with E-state index in [-0.39, 0.29) is 18.4 Å². The van der Waals surface area contributed by atoms with E-state index in [0.29, 0.717) is 31.2 Å². The molecule has 1 aromatic rings. The zero-order valence-electron chi connectivity index (χ0n) is 20.5. The van der Waals surface area contributed by atoms with Crippen LogP contribution in [0.5, 0.6) is 5.75 Å². The van der Waals surface area contributed by atoms with E-state index in [1.54, 1.807) is 7.11 Å². The first-order valence-corrected chi connectivity index (χ1v) is 13.0. The third kappa shape index (κ3) is 6.52. The molecule has 0 radical (unpaired) electrons. The number of carbonyl (C=O) groups excluding carboxylic acids is 1. The molecule has 0 unspecified atom stereocenters. The highest BCUT2D eigenvalue weighted by Gasteiger charge is 2.33. The number of piperidine rings is 2. The maximum Gasteiger partial charge on any atom is 0.288 e. The lowest BCUT2D eigenvalue weighted by Crippen LogP contribution is -2.49. The van der Waals surface area contributed by atoms with Crippen molar-refractivity contribution in [1.29, 1.82) is 0 Å². The van der Waals surface area contributed by atoms with Crippen LogP contribution in [-0.2, 0) is 14.3 Å². The Morgan fingerprint density at radius 1 is 1.06 bits per heavy atom. The number of aliphatic hydroxyl groups is 1. The molecule has 3 aliphatic rings. The molecule has 2 saturated heterocycles. The number of allylic oxidation sites excluding steroid dienone is 1. The molecule has 3 aliphatic heterocycles. The Bertz CT molecular complexity index is 798. The molecule has 1 aromatic carbocycles. The fourth-order valence-corrected chi connectivity index (χ4v) is 5.30. The number of likely N-dealkylation sites (tertiary alicyclic amines) is 2. The van der Waals surface area contributed by atoms with Gasteiger partial charge in [0.1, 0.15) is 5.75 Å². The molecular formula is C27H40N2O5. The van der Waals surface area contributed by atoms with Crippen LogP contribution in [0.15, 0.2) is 36.1 Å². The smallest absolute Gasteiger partial charge is 0.288 e. The van der Waals surface area contributed by atoms with E-state index in [1.807, 2.05) is 35.2 Å². The molecule has 3 heterocycles. The van der Waals surface area contributed by atoms with E-state index in [4.69, 9.17) is 19.3 Å². The molecule has 0 spiro atoms. The monoisotopic (exact) mass is 472 g/mol. The SMILES string of the molecule is COc1ccc([C@H]2C=C(C(=O)N3CCC(N4CCCCC4)CC3)O[C@@H](OCCCCO)C2)cc1. The van der Waals surface area contributed by atoms with Crippen molar-refractivity contribution in [2.45, 2.75) is 69.6 Å². The summed E-state index contributed by atoms with van der Waals surface area (Å²) in [6.45, 7) is 4.60. The average molecular weight is 473 g/mol. The summed E-state index contributed by atoms with van der Waals surface area (Å²) in [4.78, 5) is 18.0. The molecule has 7 heteroatoms. The van der Waals surface area contributed by atoms with Gasteiger partial charge in [-0.15, -0.1) is 0 Å². The molecule has 1 amide bonds. The third-order valence-corrected chi connectivity index (χ3v) is 7.33. The van der Waals surface area contributed by atoms with Gasteiger partial charge in [-0.05, 0) is 75.4 Å². The molecule has 0 aliphatic carbocycles. The maximum atomic E-state index is 13.4. The Morgan fingerprint density at radius 2 is 1.79 bits per heavy atom. The van der Waals surface area contributed by atoms with Crippen LogP contribution in [0.3, 0.4) is 0 Å². The van der Waals surface area contributed by atoms with Gasteiger partial charge in [0.2, 0.25) is 6.29 Å². The zero-order chi connectivity index (χ0) is 23.8. The fraction of sp³-hybridized carbons (Fsp3) is 0.667. The second-order valence-electron chi connectivity index (χ2n) is 9.62. The lowest BCUT2D eigenvalue weighted by molar-refractivity contribution is -0.153. The number of ether oxygens (including phenoxy) is 3. The van der Waals surface area contributed by atoms with Gasteiger partial charge in [-0.25, -0.2) is 0 Å². The highest BCUT2D eigenvalue weighted by atomic mass is 16.7. The van der Waals surface area contributed by atoms with Crippen LogP contribution in [0.1, 0.15) is 62.8 Å².